The lowest BCUT2D eigenvalue weighted by molar-refractivity contribution is 0.0785. The predicted molar refractivity (Wildman–Crippen MR) is 83.7 cm³/mol. The highest BCUT2D eigenvalue weighted by Crippen LogP contribution is 2.23. The lowest BCUT2D eigenvalue weighted by atomic mass is 10.1. The number of nitrogens with one attached hydrogen (secondary N) is 1. The average molecular weight is 375 g/mol. The van der Waals surface area contributed by atoms with Gasteiger partial charge in [-0.05, 0) is 34.1 Å². The van der Waals surface area contributed by atoms with Crippen LogP contribution in [0, 0.1) is 11.6 Å². The Kier molecular flexibility index (Phi) is 4.95. The van der Waals surface area contributed by atoms with Crippen LogP contribution in [0.5, 0.6) is 0 Å². The maximum absolute atomic E-state index is 13.7. The molecule has 0 spiro atoms. The van der Waals surface area contributed by atoms with E-state index < -0.39 is 17.5 Å². The van der Waals surface area contributed by atoms with Crippen LogP contribution in [0.15, 0.2) is 28.1 Å². The Labute approximate surface area is 133 Å². The highest BCUT2D eigenvalue weighted by atomic mass is 79.9. The van der Waals surface area contributed by atoms with E-state index in [1.807, 2.05) is 11.4 Å². The van der Waals surface area contributed by atoms with E-state index in [1.54, 1.807) is 7.05 Å². The maximum Gasteiger partial charge on any atom is 0.254 e. The van der Waals surface area contributed by atoms with Crippen molar-refractivity contribution in [3.05, 3.63) is 50.1 Å². The van der Waals surface area contributed by atoms with E-state index in [-0.39, 0.29) is 11.3 Å². The van der Waals surface area contributed by atoms with Crippen LogP contribution in [0.3, 0.4) is 0 Å². The normalized spacial score (nSPS) is 10.5. The van der Waals surface area contributed by atoms with Crippen LogP contribution in [-0.2, 0) is 6.54 Å². The van der Waals surface area contributed by atoms with Crippen molar-refractivity contribution >= 4 is 38.9 Å². The van der Waals surface area contributed by atoms with Gasteiger partial charge >= 0.3 is 0 Å². The van der Waals surface area contributed by atoms with Crippen molar-refractivity contribution in [1.82, 2.24) is 4.90 Å². The molecule has 0 fully saturated rings. The number of carbonyl (C=O) groups is 1. The molecular weight excluding hydrogens is 362 g/mol. The molecule has 1 N–H and O–H groups in total. The molecule has 1 aromatic heterocycles. The molecule has 7 heteroatoms. The zero-order valence-corrected chi connectivity index (χ0v) is 13.8. The lowest BCUT2D eigenvalue weighted by Crippen LogP contribution is -2.26. The molecule has 112 valence electrons. The summed E-state index contributed by atoms with van der Waals surface area (Å²) in [4.78, 5) is 14.6. The van der Waals surface area contributed by atoms with Crippen LogP contribution in [0.2, 0.25) is 0 Å². The number of hydrogen-bond donors (Lipinski definition) is 1. The van der Waals surface area contributed by atoms with Gasteiger partial charge in [-0.15, -0.1) is 11.3 Å². The Morgan fingerprint density at radius 1 is 1.33 bits per heavy atom. The molecule has 0 bridgehead atoms. The van der Waals surface area contributed by atoms with E-state index in [9.17, 15) is 13.6 Å². The third-order valence-corrected chi connectivity index (χ3v) is 4.58. The summed E-state index contributed by atoms with van der Waals surface area (Å²) in [5.74, 6) is -2.00. The average Bonchev–Trinajstić information content (AvgIpc) is 2.82. The Bertz CT molecular complexity index is 652. The zero-order chi connectivity index (χ0) is 15.6. The number of benzene rings is 1. The van der Waals surface area contributed by atoms with Gasteiger partial charge in [-0.1, -0.05) is 0 Å². The minimum absolute atomic E-state index is 0.0119. The highest BCUT2D eigenvalue weighted by Gasteiger charge is 2.18. The number of nitrogens with zero attached hydrogens (tertiary/aromatic N) is 1. The van der Waals surface area contributed by atoms with Gasteiger partial charge in [0, 0.05) is 34.4 Å². The van der Waals surface area contributed by atoms with E-state index >= 15 is 0 Å². The van der Waals surface area contributed by atoms with Crippen LogP contribution in [0.4, 0.5) is 14.5 Å². The fourth-order valence-corrected chi connectivity index (χ4v) is 3.40. The van der Waals surface area contributed by atoms with Gasteiger partial charge < -0.3 is 10.2 Å². The van der Waals surface area contributed by atoms with Crippen molar-refractivity contribution in [3.63, 3.8) is 0 Å². The van der Waals surface area contributed by atoms with Gasteiger partial charge in [0.25, 0.3) is 5.91 Å². The summed E-state index contributed by atoms with van der Waals surface area (Å²) in [6.07, 6.45) is 0. The van der Waals surface area contributed by atoms with Crippen LogP contribution >= 0.6 is 27.3 Å². The molecule has 0 saturated heterocycles. The van der Waals surface area contributed by atoms with Crippen molar-refractivity contribution in [1.29, 1.82) is 0 Å². The standard InChI is InChI=1S/C14H13BrF2N2OS/c1-18-13-11(16)3-8(4-12(13)17)14(20)19(2)6-10-5-9(15)7-21-10/h3-5,7,18H,6H2,1-2H3. The summed E-state index contributed by atoms with van der Waals surface area (Å²) in [7, 11) is 3.02. The molecule has 1 aromatic carbocycles. The fourth-order valence-electron chi connectivity index (χ4n) is 1.90. The van der Waals surface area contributed by atoms with E-state index in [1.165, 1.54) is 23.3 Å². The Hall–Kier alpha value is -1.47. The molecule has 1 heterocycles. The molecule has 0 atom stereocenters. The van der Waals surface area contributed by atoms with Crippen molar-refractivity contribution in [2.75, 3.05) is 19.4 Å². The van der Waals surface area contributed by atoms with E-state index in [0.717, 1.165) is 21.5 Å². The summed E-state index contributed by atoms with van der Waals surface area (Å²) in [5.41, 5.74) is -0.251. The summed E-state index contributed by atoms with van der Waals surface area (Å²) >= 11 is 4.84. The van der Waals surface area contributed by atoms with E-state index in [2.05, 4.69) is 21.2 Å². The Morgan fingerprint density at radius 2 is 1.95 bits per heavy atom. The molecule has 0 saturated carbocycles. The summed E-state index contributed by atoms with van der Waals surface area (Å²) in [6, 6.07) is 3.98. The van der Waals surface area contributed by atoms with Gasteiger partial charge in [-0.25, -0.2) is 8.78 Å². The number of rotatable bonds is 4. The second-order valence-corrected chi connectivity index (χ2v) is 6.37. The Balaban J connectivity index is 2.19. The molecule has 21 heavy (non-hydrogen) atoms. The minimum atomic E-state index is -0.784. The third kappa shape index (κ3) is 3.59. The topological polar surface area (TPSA) is 32.3 Å². The molecule has 0 aliphatic heterocycles. The number of thiophene rings is 1. The quantitative estimate of drug-likeness (QED) is 0.873. The molecule has 3 nitrogen and oxygen atoms in total. The van der Waals surface area contributed by atoms with Gasteiger partial charge in [0.1, 0.15) is 17.3 Å². The maximum atomic E-state index is 13.7. The van der Waals surface area contributed by atoms with Gasteiger partial charge in [0.05, 0.1) is 6.54 Å². The lowest BCUT2D eigenvalue weighted by Gasteiger charge is -2.17. The first-order chi connectivity index (χ1) is 9.92. The van der Waals surface area contributed by atoms with Crippen LogP contribution in [0.25, 0.3) is 0 Å². The predicted octanol–water partition coefficient (Wildman–Crippen LogP) is 4.10. The largest absolute Gasteiger partial charge is 0.383 e. The molecular formula is C14H13BrF2N2OS. The number of anilines is 1. The van der Waals surface area contributed by atoms with Crippen LogP contribution in [-0.4, -0.2) is 24.9 Å². The molecule has 0 aliphatic rings. The first-order valence-electron chi connectivity index (χ1n) is 6.07. The Morgan fingerprint density at radius 3 is 2.43 bits per heavy atom. The number of halogens is 3. The monoisotopic (exact) mass is 374 g/mol. The summed E-state index contributed by atoms with van der Waals surface area (Å²) in [6.45, 7) is 0.381. The zero-order valence-electron chi connectivity index (χ0n) is 11.4. The first kappa shape index (κ1) is 15.9. The number of carbonyl (C=O) groups excluding carboxylic acids is 1. The fraction of sp³-hybridized carbons (Fsp3) is 0.214. The van der Waals surface area contributed by atoms with Crippen molar-refractivity contribution in [2.45, 2.75) is 6.54 Å². The molecule has 0 aliphatic carbocycles. The molecule has 2 aromatic rings. The number of hydrogen-bond acceptors (Lipinski definition) is 3. The van der Waals surface area contributed by atoms with E-state index in [0.29, 0.717) is 6.54 Å². The van der Waals surface area contributed by atoms with Gasteiger partial charge in [0.2, 0.25) is 0 Å². The second-order valence-electron chi connectivity index (χ2n) is 4.46. The summed E-state index contributed by atoms with van der Waals surface area (Å²) in [5, 5.41) is 4.33. The minimum Gasteiger partial charge on any atom is -0.383 e. The number of amides is 1. The van der Waals surface area contributed by atoms with Crippen molar-refractivity contribution < 1.29 is 13.6 Å². The second kappa shape index (κ2) is 6.53. The van der Waals surface area contributed by atoms with Gasteiger partial charge in [0.15, 0.2) is 0 Å². The highest BCUT2D eigenvalue weighted by molar-refractivity contribution is 9.10. The third-order valence-electron chi connectivity index (χ3n) is 2.90. The molecule has 2 rings (SSSR count). The smallest absolute Gasteiger partial charge is 0.254 e. The molecule has 0 unspecified atom stereocenters. The van der Waals surface area contributed by atoms with Crippen molar-refractivity contribution in [2.24, 2.45) is 0 Å². The van der Waals surface area contributed by atoms with Crippen LogP contribution in [0.1, 0.15) is 15.2 Å². The van der Waals surface area contributed by atoms with E-state index in [4.69, 9.17) is 0 Å². The van der Waals surface area contributed by atoms with Crippen molar-refractivity contribution in [3.8, 4) is 0 Å². The van der Waals surface area contributed by atoms with Gasteiger partial charge in [-0.3, -0.25) is 4.79 Å². The molecule has 0 radical (unpaired) electrons. The first-order valence-corrected chi connectivity index (χ1v) is 7.74. The SMILES string of the molecule is CNc1c(F)cc(C(=O)N(C)Cc2cc(Br)cs2)cc1F. The van der Waals surface area contributed by atoms with Gasteiger partial charge in [-0.2, -0.15) is 0 Å². The molecule has 1 amide bonds. The van der Waals surface area contributed by atoms with Crippen LogP contribution < -0.4 is 5.32 Å². The summed E-state index contributed by atoms with van der Waals surface area (Å²) < 4.78 is 28.3.